The molecule has 2 nitrogen and oxygen atoms in total. The lowest BCUT2D eigenvalue weighted by Gasteiger charge is -2.04. The molecular formula is C15H11Cl2NO. The summed E-state index contributed by atoms with van der Waals surface area (Å²) in [6.07, 6.45) is 0. The molecule has 0 saturated heterocycles. The molecule has 2 aromatic carbocycles. The number of fused-ring (bicyclic) bond motifs is 3. The van der Waals surface area contributed by atoms with E-state index in [1.54, 1.807) is 6.07 Å². The van der Waals surface area contributed by atoms with E-state index in [0.717, 1.165) is 28.4 Å². The summed E-state index contributed by atoms with van der Waals surface area (Å²) in [5.74, 6) is 0.546. The number of benzene rings is 2. The van der Waals surface area contributed by atoms with Crippen molar-refractivity contribution in [3.8, 4) is 0 Å². The molecule has 96 valence electrons. The van der Waals surface area contributed by atoms with Gasteiger partial charge in [-0.25, -0.2) is 0 Å². The van der Waals surface area contributed by atoms with E-state index in [0.29, 0.717) is 11.4 Å². The number of nitrogens with zero attached hydrogens (tertiary/aromatic N) is 1. The van der Waals surface area contributed by atoms with Crippen molar-refractivity contribution in [2.45, 2.75) is 6.54 Å². The summed E-state index contributed by atoms with van der Waals surface area (Å²) in [5, 5.41) is 1.71. The van der Waals surface area contributed by atoms with E-state index in [-0.39, 0.29) is 0 Å². The van der Waals surface area contributed by atoms with Crippen LogP contribution in [-0.4, -0.2) is 15.7 Å². The van der Waals surface area contributed by atoms with Crippen molar-refractivity contribution in [1.29, 1.82) is 0 Å². The third-order valence-corrected chi connectivity index (χ3v) is 3.69. The molecule has 1 aromatic heterocycles. The fraction of sp³-hybridized carbons (Fsp3) is 0.133. The van der Waals surface area contributed by atoms with Gasteiger partial charge < -0.3 is 4.57 Å². The van der Waals surface area contributed by atoms with Gasteiger partial charge in [0.2, 0.25) is 0 Å². The van der Waals surface area contributed by atoms with Gasteiger partial charge in [0.15, 0.2) is 0 Å². The van der Waals surface area contributed by atoms with Gasteiger partial charge in [-0.3, -0.25) is 4.79 Å². The number of aryl methyl sites for hydroxylation is 1. The standard InChI is InChI=1S/C15H11Cl2NO/c16-7-8-18-13-4-2-1-3-11(13)12-9-10(15(17)19)5-6-14(12)18/h1-6,9H,7-8H2. The SMILES string of the molecule is O=C(Cl)c1ccc2c(c1)c1ccccc1n2CCCl. The van der Waals surface area contributed by atoms with E-state index in [9.17, 15) is 4.79 Å². The fourth-order valence-corrected chi connectivity index (χ4v) is 2.79. The van der Waals surface area contributed by atoms with E-state index in [2.05, 4.69) is 10.6 Å². The van der Waals surface area contributed by atoms with Gasteiger partial charge in [0.25, 0.3) is 5.24 Å². The summed E-state index contributed by atoms with van der Waals surface area (Å²) < 4.78 is 2.17. The molecule has 0 saturated carbocycles. The lowest BCUT2D eigenvalue weighted by Crippen LogP contribution is -1.98. The van der Waals surface area contributed by atoms with Crippen molar-refractivity contribution in [3.05, 3.63) is 48.0 Å². The first kappa shape index (κ1) is 12.5. The number of halogens is 2. The highest BCUT2D eigenvalue weighted by Gasteiger charge is 2.11. The van der Waals surface area contributed by atoms with Crippen LogP contribution in [0.4, 0.5) is 0 Å². The molecule has 3 rings (SSSR count). The maximum atomic E-state index is 11.3. The number of carbonyl (C=O) groups is 1. The summed E-state index contributed by atoms with van der Waals surface area (Å²) in [5.41, 5.74) is 2.71. The zero-order chi connectivity index (χ0) is 13.4. The first-order valence-corrected chi connectivity index (χ1v) is 6.90. The number of rotatable bonds is 3. The van der Waals surface area contributed by atoms with Crippen molar-refractivity contribution in [2.24, 2.45) is 0 Å². The van der Waals surface area contributed by atoms with Gasteiger partial charge in [0, 0.05) is 39.8 Å². The number of carbonyl (C=O) groups excluding carboxylic acids is 1. The summed E-state index contributed by atoms with van der Waals surface area (Å²) in [4.78, 5) is 11.3. The highest BCUT2D eigenvalue weighted by atomic mass is 35.5. The van der Waals surface area contributed by atoms with Gasteiger partial charge in [-0.05, 0) is 35.9 Å². The van der Waals surface area contributed by atoms with Crippen LogP contribution in [0, 0.1) is 0 Å². The minimum absolute atomic E-state index is 0.434. The van der Waals surface area contributed by atoms with Gasteiger partial charge in [-0.1, -0.05) is 18.2 Å². The third kappa shape index (κ3) is 2.01. The predicted molar refractivity (Wildman–Crippen MR) is 80.3 cm³/mol. The maximum absolute atomic E-state index is 11.3. The Kier molecular flexibility index (Phi) is 3.21. The smallest absolute Gasteiger partial charge is 0.252 e. The monoisotopic (exact) mass is 291 g/mol. The highest BCUT2D eigenvalue weighted by molar-refractivity contribution is 6.67. The Morgan fingerprint density at radius 1 is 1.05 bits per heavy atom. The van der Waals surface area contributed by atoms with Crippen LogP contribution in [0.3, 0.4) is 0 Å². The number of alkyl halides is 1. The van der Waals surface area contributed by atoms with Crippen LogP contribution in [0.25, 0.3) is 21.8 Å². The number of hydrogen-bond donors (Lipinski definition) is 0. The number of hydrogen-bond acceptors (Lipinski definition) is 1. The number of aromatic nitrogens is 1. The normalized spacial score (nSPS) is 11.3. The molecule has 0 atom stereocenters. The lowest BCUT2D eigenvalue weighted by molar-refractivity contribution is 0.108. The largest absolute Gasteiger partial charge is 0.339 e. The summed E-state index contributed by atoms with van der Waals surface area (Å²) in [6.45, 7) is 0.736. The highest BCUT2D eigenvalue weighted by Crippen LogP contribution is 2.30. The van der Waals surface area contributed by atoms with E-state index < -0.39 is 5.24 Å². The quantitative estimate of drug-likeness (QED) is 0.517. The van der Waals surface area contributed by atoms with Gasteiger partial charge in [-0.2, -0.15) is 0 Å². The molecule has 0 spiro atoms. The second-order valence-corrected chi connectivity index (χ2v) is 5.08. The Labute approximate surface area is 120 Å². The molecule has 4 heteroatoms. The molecule has 1 heterocycles. The first-order valence-electron chi connectivity index (χ1n) is 5.99. The molecule has 0 N–H and O–H groups in total. The molecule has 0 aliphatic heterocycles. The van der Waals surface area contributed by atoms with Crippen LogP contribution < -0.4 is 0 Å². The average Bonchev–Trinajstić information content (AvgIpc) is 2.74. The maximum Gasteiger partial charge on any atom is 0.252 e. The van der Waals surface area contributed by atoms with E-state index >= 15 is 0 Å². The molecule has 0 fully saturated rings. The Hall–Kier alpha value is -1.51. The van der Waals surface area contributed by atoms with E-state index in [1.165, 1.54) is 0 Å². The van der Waals surface area contributed by atoms with Crippen molar-refractivity contribution < 1.29 is 4.79 Å². The van der Waals surface area contributed by atoms with Crippen LogP contribution in [0.2, 0.25) is 0 Å². The summed E-state index contributed by atoms with van der Waals surface area (Å²) >= 11 is 11.4. The van der Waals surface area contributed by atoms with Crippen LogP contribution in [0.15, 0.2) is 42.5 Å². The van der Waals surface area contributed by atoms with Gasteiger partial charge >= 0.3 is 0 Å². The lowest BCUT2D eigenvalue weighted by atomic mass is 10.1. The average molecular weight is 292 g/mol. The molecule has 19 heavy (non-hydrogen) atoms. The second kappa shape index (κ2) is 4.87. The molecule has 0 bridgehead atoms. The molecule has 0 aliphatic rings. The van der Waals surface area contributed by atoms with Crippen molar-refractivity contribution >= 4 is 50.3 Å². The van der Waals surface area contributed by atoms with Gasteiger partial charge in [-0.15, -0.1) is 11.6 Å². The van der Waals surface area contributed by atoms with E-state index in [1.807, 2.05) is 30.3 Å². The zero-order valence-corrected chi connectivity index (χ0v) is 11.6. The molecule has 0 radical (unpaired) electrons. The molecule has 0 amide bonds. The third-order valence-electron chi connectivity index (χ3n) is 3.31. The van der Waals surface area contributed by atoms with Gasteiger partial charge in [0.05, 0.1) is 0 Å². The zero-order valence-electron chi connectivity index (χ0n) is 10.1. The van der Waals surface area contributed by atoms with Crippen LogP contribution in [0.1, 0.15) is 10.4 Å². The molecule has 0 unspecified atom stereocenters. The van der Waals surface area contributed by atoms with E-state index in [4.69, 9.17) is 23.2 Å². The molecular weight excluding hydrogens is 281 g/mol. The minimum atomic E-state index is -0.434. The molecule has 3 aromatic rings. The van der Waals surface area contributed by atoms with Crippen molar-refractivity contribution in [2.75, 3.05) is 5.88 Å². The first-order chi connectivity index (χ1) is 9.22. The fourth-order valence-electron chi connectivity index (χ4n) is 2.50. The Bertz CT molecular complexity index is 776. The number of para-hydroxylation sites is 1. The second-order valence-electron chi connectivity index (χ2n) is 4.36. The topological polar surface area (TPSA) is 22.0 Å². The van der Waals surface area contributed by atoms with Crippen LogP contribution in [0.5, 0.6) is 0 Å². The molecule has 0 aliphatic carbocycles. The van der Waals surface area contributed by atoms with Crippen molar-refractivity contribution in [1.82, 2.24) is 4.57 Å². The summed E-state index contributed by atoms with van der Waals surface area (Å²) in [7, 11) is 0. The minimum Gasteiger partial charge on any atom is -0.339 e. The predicted octanol–water partition coefficient (Wildman–Crippen LogP) is 4.41. The van der Waals surface area contributed by atoms with Crippen LogP contribution >= 0.6 is 23.2 Å². The van der Waals surface area contributed by atoms with Crippen molar-refractivity contribution in [3.63, 3.8) is 0 Å². The Morgan fingerprint density at radius 3 is 2.53 bits per heavy atom. The Morgan fingerprint density at radius 2 is 1.79 bits per heavy atom. The summed E-state index contributed by atoms with van der Waals surface area (Å²) in [6, 6.07) is 13.6. The van der Waals surface area contributed by atoms with Gasteiger partial charge in [0.1, 0.15) is 0 Å². The van der Waals surface area contributed by atoms with Crippen LogP contribution in [-0.2, 0) is 6.54 Å². The Balaban J connectivity index is 2.41.